The first-order valence-electron chi connectivity index (χ1n) is 8.20. The average molecular weight is 276 g/mol. The maximum absolute atomic E-state index is 3.55. The highest BCUT2D eigenvalue weighted by molar-refractivity contribution is 5.48. The van der Waals surface area contributed by atoms with E-state index in [4.69, 9.17) is 0 Å². The molecule has 0 aliphatic carbocycles. The molecule has 0 bridgehead atoms. The maximum atomic E-state index is 3.55. The van der Waals surface area contributed by atoms with Crippen molar-refractivity contribution in [2.24, 2.45) is 0 Å². The molecule has 0 saturated carbocycles. The first-order valence-corrected chi connectivity index (χ1v) is 8.20. The Hall–Kier alpha value is -1.02. The number of hydrogen-bond donors (Lipinski definition) is 1. The van der Waals surface area contributed by atoms with E-state index in [2.05, 4.69) is 56.1 Å². The van der Waals surface area contributed by atoms with E-state index in [-0.39, 0.29) is 0 Å². The molecule has 1 N–H and O–H groups in total. The van der Waals surface area contributed by atoms with E-state index in [1.54, 1.807) is 0 Å². The van der Waals surface area contributed by atoms with Gasteiger partial charge >= 0.3 is 0 Å². The summed E-state index contributed by atoms with van der Waals surface area (Å²) in [4.78, 5) is 2.60. The lowest BCUT2D eigenvalue weighted by molar-refractivity contribution is 0.275. The van der Waals surface area contributed by atoms with Crippen molar-refractivity contribution >= 4 is 5.69 Å². The second-order valence-corrected chi connectivity index (χ2v) is 5.77. The van der Waals surface area contributed by atoms with Gasteiger partial charge in [-0.05, 0) is 63.0 Å². The fraction of sp³-hybridized carbons (Fsp3) is 0.667. The third-order valence-corrected chi connectivity index (χ3v) is 3.92. The number of benzene rings is 1. The Morgan fingerprint density at radius 1 is 0.900 bits per heavy atom. The number of unbranched alkanes of at least 4 members (excludes halogenated alkanes) is 2. The van der Waals surface area contributed by atoms with Crippen LogP contribution in [0, 0.1) is 13.8 Å². The van der Waals surface area contributed by atoms with Gasteiger partial charge in [-0.1, -0.05) is 32.8 Å². The Bertz CT molecular complexity index is 366. The van der Waals surface area contributed by atoms with Crippen molar-refractivity contribution in [2.75, 3.05) is 31.5 Å². The standard InChI is InChI=1S/C18H32N2/c1-5-7-12-20(13-8-6-2)14-11-19-18-10-9-16(3)17(4)15-18/h9-10,15,19H,5-8,11-14H2,1-4H3. The van der Waals surface area contributed by atoms with Crippen LogP contribution in [0.5, 0.6) is 0 Å². The summed E-state index contributed by atoms with van der Waals surface area (Å²) in [5.74, 6) is 0. The van der Waals surface area contributed by atoms with E-state index in [0.717, 1.165) is 13.1 Å². The smallest absolute Gasteiger partial charge is 0.0343 e. The molecule has 0 unspecified atom stereocenters. The van der Waals surface area contributed by atoms with Crippen molar-refractivity contribution in [3.63, 3.8) is 0 Å². The molecule has 20 heavy (non-hydrogen) atoms. The predicted molar refractivity (Wildman–Crippen MR) is 90.7 cm³/mol. The Morgan fingerprint density at radius 2 is 1.55 bits per heavy atom. The number of rotatable bonds is 10. The molecular formula is C18H32N2. The SMILES string of the molecule is CCCCN(CCCC)CCNc1ccc(C)c(C)c1. The summed E-state index contributed by atoms with van der Waals surface area (Å²) in [6.07, 6.45) is 5.20. The lowest BCUT2D eigenvalue weighted by Crippen LogP contribution is -2.31. The normalized spacial score (nSPS) is 11.1. The minimum Gasteiger partial charge on any atom is -0.384 e. The monoisotopic (exact) mass is 276 g/mol. The van der Waals surface area contributed by atoms with Crippen molar-refractivity contribution in [2.45, 2.75) is 53.4 Å². The van der Waals surface area contributed by atoms with Crippen molar-refractivity contribution < 1.29 is 0 Å². The molecule has 1 rings (SSSR count). The summed E-state index contributed by atoms with van der Waals surface area (Å²) in [5.41, 5.74) is 3.98. The molecule has 0 aromatic heterocycles. The van der Waals surface area contributed by atoms with Gasteiger partial charge in [-0.3, -0.25) is 0 Å². The number of hydrogen-bond acceptors (Lipinski definition) is 2. The third-order valence-electron chi connectivity index (χ3n) is 3.92. The lowest BCUT2D eigenvalue weighted by atomic mass is 10.1. The highest BCUT2D eigenvalue weighted by Gasteiger charge is 2.03. The summed E-state index contributed by atoms with van der Waals surface area (Å²) >= 11 is 0. The van der Waals surface area contributed by atoms with Crippen LogP contribution >= 0.6 is 0 Å². The number of nitrogens with zero attached hydrogens (tertiary/aromatic N) is 1. The van der Waals surface area contributed by atoms with Crippen molar-refractivity contribution in [1.29, 1.82) is 0 Å². The molecule has 114 valence electrons. The Morgan fingerprint density at radius 3 is 2.10 bits per heavy atom. The molecule has 0 saturated heterocycles. The van der Waals surface area contributed by atoms with Gasteiger partial charge in [-0.15, -0.1) is 0 Å². The highest BCUT2D eigenvalue weighted by Crippen LogP contribution is 2.13. The molecule has 1 aromatic rings. The van der Waals surface area contributed by atoms with Crippen LogP contribution in [0.2, 0.25) is 0 Å². The van der Waals surface area contributed by atoms with E-state index in [1.165, 1.54) is 55.6 Å². The number of aryl methyl sites for hydroxylation is 2. The molecule has 0 amide bonds. The largest absolute Gasteiger partial charge is 0.384 e. The minimum atomic E-state index is 1.04. The van der Waals surface area contributed by atoms with Gasteiger partial charge in [-0.2, -0.15) is 0 Å². The van der Waals surface area contributed by atoms with Gasteiger partial charge in [0.05, 0.1) is 0 Å². The van der Waals surface area contributed by atoms with E-state index in [0.29, 0.717) is 0 Å². The fourth-order valence-electron chi connectivity index (χ4n) is 2.31. The van der Waals surface area contributed by atoms with Gasteiger partial charge in [0.1, 0.15) is 0 Å². The molecular weight excluding hydrogens is 244 g/mol. The minimum absolute atomic E-state index is 1.04. The molecule has 0 spiro atoms. The second kappa shape index (κ2) is 9.82. The zero-order chi connectivity index (χ0) is 14.8. The maximum Gasteiger partial charge on any atom is 0.0343 e. The van der Waals surface area contributed by atoms with E-state index >= 15 is 0 Å². The van der Waals surface area contributed by atoms with Gasteiger partial charge in [0.25, 0.3) is 0 Å². The Labute approximate surface area is 125 Å². The molecule has 2 heteroatoms. The summed E-state index contributed by atoms with van der Waals surface area (Å²) in [7, 11) is 0. The van der Waals surface area contributed by atoms with Crippen LogP contribution < -0.4 is 5.32 Å². The number of anilines is 1. The summed E-state index contributed by atoms with van der Waals surface area (Å²) in [6.45, 7) is 13.5. The van der Waals surface area contributed by atoms with Crippen LogP contribution in [0.25, 0.3) is 0 Å². The lowest BCUT2D eigenvalue weighted by Gasteiger charge is -2.22. The molecule has 0 aliphatic heterocycles. The molecule has 0 aliphatic rings. The highest BCUT2D eigenvalue weighted by atomic mass is 15.1. The van der Waals surface area contributed by atoms with Gasteiger partial charge in [0.15, 0.2) is 0 Å². The first-order chi connectivity index (χ1) is 9.67. The molecule has 0 fully saturated rings. The van der Waals surface area contributed by atoms with Crippen LogP contribution in [-0.2, 0) is 0 Å². The third kappa shape index (κ3) is 6.42. The van der Waals surface area contributed by atoms with E-state index in [1.807, 2.05) is 0 Å². The van der Waals surface area contributed by atoms with Crippen molar-refractivity contribution in [3.05, 3.63) is 29.3 Å². The second-order valence-electron chi connectivity index (χ2n) is 5.77. The Balaban J connectivity index is 2.36. The quantitative estimate of drug-likeness (QED) is 0.671. The van der Waals surface area contributed by atoms with Gasteiger partial charge < -0.3 is 10.2 Å². The molecule has 0 radical (unpaired) electrons. The summed E-state index contributed by atoms with van der Waals surface area (Å²) in [5, 5.41) is 3.55. The topological polar surface area (TPSA) is 15.3 Å². The zero-order valence-electron chi connectivity index (χ0n) is 13.8. The van der Waals surface area contributed by atoms with E-state index < -0.39 is 0 Å². The Kier molecular flexibility index (Phi) is 8.36. The van der Waals surface area contributed by atoms with Gasteiger partial charge in [0, 0.05) is 18.8 Å². The molecule has 1 aromatic carbocycles. The van der Waals surface area contributed by atoms with Crippen LogP contribution in [0.15, 0.2) is 18.2 Å². The molecule has 0 atom stereocenters. The summed E-state index contributed by atoms with van der Waals surface area (Å²) < 4.78 is 0. The van der Waals surface area contributed by atoms with Gasteiger partial charge in [-0.25, -0.2) is 0 Å². The van der Waals surface area contributed by atoms with Crippen LogP contribution in [0.1, 0.15) is 50.7 Å². The number of nitrogens with one attached hydrogen (secondary N) is 1. The molecule has 0 heterocycles. The molecule has 2 nitrogen and oxygen atoms in total. The zero-order valence-corrected chi connectivity index (χ0v) is 13.8. The van der Waals surface area contributed by atoms with Crippen LogP contribution in [0.3, 0.4) is 0 Å². The van der Waals surface area contributed by atoms with Crippen molar-refractivity contribution in [3.8, 4) is 0 Å². The fourth-order valence-corrected chi connectivity index (χ4v) is 2.31. The van der Waals surface area contributed by atoms with Crippen molar-refractivity contribution in [1.82, 2.24) is 4.90 Å². The van der Waals surface area contributed by atoms with Gasteiger partial charge in [0.2, 0.25) is 0 Å². The van der Waals surface area contributed by atoms with E-state index in [9.17, 15) is 0 Å². The summed E-state index contributed by atoms with van der Waals surface area (Å²) in [6, 6.07) is 6.63. The van der Waals surface area contributed by atoms with Crippen LogP contribution in [0.4, 0.5) is 5.69 Å². The average Bonchev–Trinajstić information content (AvgIpc) is 2.45. The first kappa shape index (κ1) is 17.0. The van der Waals surface area contributed by atoms with Crippen LogP contribution in [-0.4, -0.2) is 31.1 Å². The predicted octanol–water partition coefficient (Wildman–Crippen LogP) is 4.62.